The molecule has 0 bridgehead atoms. The Labute approximate surface area is 117 Å². The monoisotopic (exact) mass is 275 g/mol. The summed E-state index contributed by atoms with van der Waals surface area (Å²) in [7, 11) is 2.94. The molecule has 0 amide bonds. The molecule has 106 valence electrons. The standard InChI is InChI=1S/C14H17N3O3/c1-9(2)10-5-7-11(8-6-10)20-14-16-12(18-3)15-13(17-14)19-4/h5-9H,1-4H3. The van der Waals surface area contributed by atoms with Crippen LogP contribution in [0, 0.1) is 0 Å². The molecule has 0 N–H and O–H groups in total. The Balaban J connectivity index is 2.20. The summed E-state index contributed by atoms with van der Waals surface area (Å²) in [6.45, 7) is 4.27. The highest BCUT2D eigenvalue weighted by molar-refractivity contribution is 5.30. The molecular weight excluding hydrogens is 258 g/mol. The van der Waals surface area contributed by atoms with Crippen molar-refractivity contribution in [2.75, 3.05) is 14.2 Å². The Morgan fingerprint density at radius 1 is 0.800 bits per heavy atom. The lowest BCUT2D eigenvalue weighted by Gasteiger charge is -2.08. The van der Waals surface area contributed by atoms with Crippen molar-refractivity contribution in [3.8, 4) is 23.8 Å². The van der Waals surface area contributed by atoms with E-state index >= 15 is 0 Å². The highest BCUT2D eigenvalue weighted by atomic mass is 16.5. The van der Waals surface area contributed by atoms with E-state index in [1.807, 2.05) is 24.3 Å². The first-order chi connectivity index (χ1) is 9.62. The maximum absolute atomic E-state index is 5.58. The molecule has 6 nitrogen and oxygen atoms in total. The third-order valence-electron chi connectivity index (χ3n) is 2.69. The van der Waals surface area contributed by atoms with E-state index in [1.54, 1.807) is 0 Å². The molecule has 0 aliphatic carbocycles. The number of rotatable bonds is 5. The molecule has 0 aliphatic heterocycles. The summed E-state index contributed by atoms with van der Waals surface area (Å²) in [6.07, 6.45) is 0. The van der Waals surface area contributed by atoms with Gasteiger partial charge in [-0.1, -0.05) is 26.0 Å². The SMILES string of the molecule is COc1nc(OC)nc(Oc2ccc(C(C)C)cc2)n1. The number of ether oxygens (including phenoxy) is 3. The predicted octanol–water partition coefficient (Wildman–Crippen LogP) is 2.80. The fraction of sp³-hybridized carbons (Fsp3) is 0.357. The average molecular weight is 275 g/mol. The number of methoxy groups -OCH3 is 2. The lowest BCUT2D eigenvalue weighted by Crippen LogP contribution is -2.01. The minimum absolute atomic E-state index is 0.131. The van der Waals surface area contributed by atoms with Crippen LogP contribution in [0.25, 0.3) is 0 Å². The minimum atomic E-state index is 0.131. The largest absolute Gasteiger partial charge is 0.467 e. The molecule has 0 atom stereocenters. The highest BCUT2D eigenvalue weighted by Crippen LogP contribution is 2.23. The molecule has 0 saturated carbocycles. The number of aromatic nitrogens is 3. The van der Waals surface area contributed by atoms with E-state index in [9.17, 15) is 0 Å². The smallest absolute Gasteiger partial charge is 0.331 e. The van der Waals surface area contributed by atoms with Crippen LogP contribution in [-0.2, 0) is 0 Å². The number of hydrogen-bond acceptors (Lipinski definition) is 6. The first-order valence-corrected chi connectivity index (χ1v) is 6.24. The molecule has 20 heavy (non-hydrogen) atoms. The van der Waals surface area contributed by atoms with E-state index in [4.69, 9.17) is 14.2 Å². The number of nitrogens with zero attached hydrogens (tertiary/aromatic N) is 3. The summed E-state index contributed by atoms with van der Waals surface area (Å²) in [6, 6.07) is 8.18. The zero-order valence-corrected chi connectivity index (χ0v) is 12.0. The molecule has 1 aromatic carbocycles. The van der Waals surface area contributed by atoms with Crippen LogP contribution in [0.15, 0.2) is 24.3 Å². The Morgan fingerprint density at radius 3 is 1.75 bits per heavy atom. The van der Waals surface area contributed by atoms with Gasteiger partial charge in [0.25, 0.3) is 0 Å². The fourth-order valence-electron chi connectivity index (χ4n) is 1.57. The van der Waals surface area contributed by atoms with Gasteiger partial charge in [-0.05, 0) is 23.6 Å². The van der Waals surface area contributed by atoms with Crippen molar-refractivity contribution in [1.29, 1.82) is 0 Å². The maximum Gasteiger partial charge on any atom is 0.331 e. The maximum atomic E-state index is 5.58. The minimum Gasteiger partial charge on any atom is -0.467 e. The Hall–Kier alpha value is -2.37. The molecule has 0 unspecified atom stereocenters. The van der Waals surface area contributed by atoms with Crippen LogP contribution >= 0.6 is 0 Å². The molecule has 0 saturated heterocycles. The Bertz CT molecular complexity index is 548. The normalized spacial score (nSPS) is 10.4. The van der Waals surface area contributed by atoms with Gasteiger partial charge in [0.1, 0.15) is 5.75 Å². The summed E-state index contributed by atoms with van der Waals surface area (Å²) < 4.78 is 15.5. The zero-order valence-electron chi connectivity index (χ0n) is 12.0. The number of benzene rings is 1. The van der Waals surface area contributed by atoms with E-state index in [-0.39, 0.29) is 18.0 Å². The summed E-state index contributed by atoms with van der Waals surface area (Å²) in [4.78, 5) is 11.9. The molecule has 0 aliphatic rings. The second-order valence-corrected chi connectivity index (χ2v) is 4.42. The molecule has 0 radical (unpaired) electrons. The first kappa shape index (κ1) is 14.0. The molecule has 2 rings (SSSR count). The van der Waals surface area contributed by atoms with Crippen LogP contribution < -0.4 is 14.2 Å². The second-order valence-electron chi connectivity index (χ2n) is 4.42. The van der Waals surface area contributed by atoms with Crippen molar-refractivity contribution < 1.29 is 14.2 Å². The van der Waals surface area contributed by atoms with Crippen LogP contribution in [0.5, 0.6) is 23.8 Å². The summed E-state index contributed by atoms with van der Waals surface area (Å²) >= 11 is 0. The molecule has 0 spiro atoms. The Kier molecular flexibility index (Phi) is 4.34. The van der Waals surface area contributed by atoms with Gasteiger partial charge in [0.05, 0.1) is 14.2 Å². The van der Waals surface area contributed by atoms with E-state index in [0.29, 0.717) is 11.7 Å². The third kappa shape index (κ3) is 3.34. The molecule has 6 heteroatoms. The van der Waals surface area contributed by atoms with Crippen LogP contribution in [0.2, 0.25) is 0 Å². The summed E-state index contributed by atoms with van der Waals surface area (Å²) in [5, 5.41) is 0. The fourth-order valence-corrected chi connectivity index (χ4v) is 1.57. The van der Waals surface area contributed by atoms with Crippen molar-refractivity contribution in [1.82, 2.24) is 15.0 Å². The van der Waals surface area contributed by atoms with E-state index in [2.05, 4.69) is 28.8 Å². The molecule has 0 fully saturated rings. The van der Waals surface area contributed by atoms with Gasteiger partial charge in [-0.25, -0.2) is 0 Å². The van der Waals surface area contributed by atoms with Gasteiger partial charge in [-0.15, -0.1) is 15.0 Å². The zero-order chi connectivity index (χ0) is 14.5. The van der Waals surface area contributed by atoms with Crippen LogP contribution in [-0.4, -0.2) is 29.2 Å². The van der Waals surface area contributed by atoms with Crippen LogP contribution in [0.1, 0.15) is 25.3 Å². The van der Waals surface area contributed by atoms with Gasteiger partial charge in [0.15, 0.2) is 0 Å². The van der Waals surface area contributed by atoms with Crippen molar-refractivity contribution in [2.24, 2.45) is 0 Å². The molecule has 1 aromatic heterocycles. The second kappa shape index (κ2) is 6.18. The van der Waals surface area contributed by atoms with Crippen LogP contribution in [0.3, 0.4) is 0 Å². The summed E-state index contributed by atoms with van der Waals surface area (Å²) in [5.41, 5.74) is 1.24. The topological polar surface area (TPSA) is 66.4 Å². The van der Waals surface area contributed by atoms with Crippen molar-refractivity contribution in [2.45, 2.75) is 19.8 Å². The van der Waals surface area contributed by atoms with Gasteiger partial charge in [0.2, 0.25) is 0 Å². The molecule has 1 heterocycles. The van der Waals surface area contributed by atoms with Gasteiger partial charge < -0.3 is 14.2 Å². The van der Waals surface area contributed by atoms with E-state index in [0.717, 1.165) is 0 Å². The lowest BCUT2D eigenvalue weighted by atomic mass is 10.0. The van der Waals surface area contributed by atoms with Gasteiger partial charge >= 0.3 is 18.0 Å². The van der Waals surface area contributed by atoms with Gasteiger partial charge in [-0.2, -0.15) is 0 Å². The number of hydrogen-bond donors (Lipinski definition) is 0. The lowest BCUT2D eigenvalue weighted by molar-refractivity contribution is 0.320. The van der Waals surface area contributed by atoms with Crippen molar-refractivity contribution in [3.05, 3.63) is 29.8 Å². The quantitative estimate of drug-likeness (QED) is 0.836. The third-order valence-corrected chi connectivity index (χ3v) is 2.69. The van der Waals surface area contributed by atoms with Crippen molar-refractivity contribution in [3.63, 3.8) is 0 Å². The van der Waals surface area contributed by atoms with Gasteiger partial charge in [0, 0.05) is 0 Å². The van der Waals surface area contributed by atoms with Crippen LogP contribution in [0.4, 0.5) is 0 Å². The molecule has 2 aromatic rings. The van der Waals surface area contributed by atoms with E-state index in [1.165, 1.54) is 19.8 Å². The summed E-state index contributed by atoms with van der Waals surface area (Å²) in [5.74, 6) is 1.12. The first-order valence-electron chi connectivity index (χ1n) is 6.24. The molecular formula is C14H17N3O3. The van der Waals surface area contributed by atoms with Crippen molar-refractivity contribution >= 4 is 0 Å². The average Bonchev–Trinajstić information content (AvgIpc) is 2.47. The predicted molar refractivity (Wildman–Crippen MR) is 73.5 cm³/mol. The van der Waals surface area contributed by atoms with Gasteiger partial charge in [-0.3, -0.25) is 0 Å². The Morgan fingerprint density at radius 2 is 1.30 bits per heavy atom. The van der Waals surface area contributed by atoms with E-state index < -0.39 is 0 Å². The highest BCUT2D eigenvalue weighted by Gasteiger charge is 2.09.